The lowest BCUT2D eigenvalue weighted by Gasteiger charge is -2.56. The molecule has 0 saturated heterocycles. The van der Waals surface area contributed by atoms with E-state index in [1.165, 1.54) is 18.5 Å². The lowest BCUT2D eigenvalue weighted by molar-refractivity contribution is -0.0164. The van der Waals surface area contributed by atoms with E-state index in [0.29, 0.717) is 23.2 Å². The molecule has 1 heterocycles. The molecule has 3 unspecified atom stereocenters. The highest BCUT2D eigenvalue weighted by Gasteiger charge is 2.52. The third-order valence-electron chi connectivity index (χ3n) is 7.65. The van der Waals surface area contributed by atoms with Gasteiger partial charge in [0.05, 0.1) is 11.3 Å². The molecule has 4 nitrogen and oxygen atoms in total. The standard InChI is InChI=1S/C26H34N2O2S/c1-6-16-12-19(22-20(13-16)25(2,3)10-11-26(22,4)5)21-15-31-24(28-21)27-18-9-7-8-17(14-18)23(29)30/h7-9,13-15,19-20,22H,6,10-12H2,1-5H3,(H,27,28)(H,29,30). The molecule has 4 rings (SSSR count). The maximum Gasteiger partial charge on any atom is 0.335 e. The molecule has 0 bridgehead atoms. The van der Waals surface area contributed by atoms with Gasteiger partial charge in [0.2, 0.25) is 0 Å². The summed E-state index contributed by atoms with van der Waals surface area (Å²) in [6.07, 6.45) is 7.32. The number of carbonyl (C=O) groups is 1. The first kappa shape index (κ1) is 22.1. The number of aromatic carboxylic acids is 1. The Balaban J connectivity index is 1.64. The first-order valence-corrected chi connectivity index (χ1v) is 12.2. The summed E-state index contributed by atoms with van der Waals surface area (Å²) < 4.78 is 0. The first-order valence-electron chi connectivity index (χ1n) is 11.4. The molecule has 5 heteroatoms. The number of carboxylic acids is 1. The molecule has 1 saturated carbocycles. The van der Waals surface area contributed by atoms with E-state index in [2.05, 4.69) is 51.4 Å². The van der Waals surface area contributed by atoms with Gasteiger partial charge in [-0.1, -0.05) is 52.3 Å². The minimum atomic E-state index is -0.919. The van der Waals surface area contributed by atoms with Crippen LogP contribution in [0.5, 0.6) is 0 Å². The fraction of sp³-hybridized carbons (Fsp3) is 0.538. The molecule has 2 aliphatic rings. The third kappa shape index (κ3) is 4.30. The van der Waals surface area contributed by atoms with Crippen molar-refractivity contribution >= 4 is 28.1 Å². The van der Waals surface area contributed by atoms with Crippen LogP contribution in [0.2, 0.25) is 0 Å². The van der Waals surface area contributed by atoms with Crippen molar-refractivity contribution in [3.05, 3.63) is 52.6 Å². The van der Waals surface area contributed by atoms with Gasteiger partial charge in [-0.15, -0.1) is 11.3 Å². The van der Waals surface area contributed by atoms with Crippen LogP contribution in [0.15, 0.2) is 41.3 Å². The number of benzene rings is 1. The van der Waals surface area contributed by atoms with E-state index in [4.69, 9.17) is 4.98 Å². The van der Waals surface area contributed by atoms with Crippen molar-refractivity contribution in [2.45, 2.75) is 66.2 Å². The van der Waals surface area contributed by atoms with Crippen molar-refractivity contribution in [3.8, 4) is 0 Å². The Morgan fingerprint density at radius 3 is 2.68 bits per heavy atom. The minimum Gasteiger partial charge on any atom is -0.478 e. The molecule has 0 aliphatic heterocycles. The van der Waals surface area contributed by atoms with Crippen LogP contribution < -0.4 is 5.32 Å². The zero-order valence-corrected chi connectivity index (χ0v) is 20.1. The van der Waals surface area contributed by atoms with Crippen LogP contribution in [-0.2, 0) is 0 Å². The molecular weight excluding hydrogens is 404 g/mol. The Kier molecular flexibility index (Phi) is 5.76. The number of allylic oxidation sites excluding steroid dienone is 2. The number of rotatable bonds is 5. The SMILES string of the molecule is CCC1=CC2C(C(c3csc(Nc4cccc(C(=O)O)c4)n3)C1)C(C)(C)CCC2(C)C. The van der Waals surface area contributed by atoms with E-state index in [1.807, 2.05) is 6.07 Å². The summed E-state index contributed by atoms with van der Waals surface area (Å²) in [5.74, 6) is 0.668. The van der Waals surface area contributed by atoms with Crippen molar-refractivity contribution in [1.29, 1.82) is 0 Å². The second-order valence-corrected chi connectivity index (χ2v) is 11.5. The molecule has 2 N–H and O–H groups in total. The van der Waals surface area contributed by atoms with Gasteiger partial charge in [0.1, 0.15) is 0 Å². The zero-order chi connectivity index (χ0) is 22.4. The Hall–Kier alpha value is -2.14. The summed E-state index contributed by atoms with van der Waals surface area (Å²) in [5.41, 5.74) is 4.38. The number of nitrogens with zero attached hydrogens (tertiary/aromatic N) is 1. The van der Waals surface area contributed by atoms with Gasteiger partial charge in [0.25, 0.3) is 0 Å². The topological polar surface area (TPSA) is 62.2 Å². The van der Waals surface area contributed by atoms with Crippen molar-refractivity contribution < 1.29 is 9.90 Å². The summed E-state index contributed by atoms with van der Waals surface area (Å²) in [5, 5.41) is 15.6. The molecule has 2 aromatic rings. The molecule has 1 fully saturated rings. The van der Waals surface area contributed by atoms with E-state index in [1.54, 1.807) is 35.1 Å². The van der Waals surface area contributed by atoms with Gasteiger partial charge in [-0.2, -0.15) is 0 Å². The molecule has 0 amide bonds. The Morgan fingerprint density at radius 2 is 1.97 bits per heavy atom. The fourth-order valence-electron chi connectivity index (χ4n) is 5.72. The predicted octanol–water partition coefficient (Wildman–Crippen LogP) is 7.49. The summed E-state index contributed by atoms with van der Waals surface area (Å²) in [6.45, 7) is 12.0. The van der Waals surface area contributed by atoms with Crippen LogP contribution in [0, 0.1) is 22.7 Å². The smallest absolute Gasteiger partial charge is 0.335 e. The molecule has 0 radical (unpaired) electrons. The number of thiazole rings is 1. The van der Waals surface area contributed by atoms with Crippen LogP contribution in [-0.4, -0.2) is 16.1 Å². The highest BCUT2D eigenvalue weighted by molar-refractivity contribution is 7.13. The van der Waals surface area contributed by atoms with E-state index in [-0.39, 0.29) is 11.0 Å². The monoisotopic (exact) mass is 438 g/mol. The highest BCUT2D eigenvalue weighted by atomic mass is 32.1. The van der Waals surface area contributed by atoms with Gasteiger partial charge in [-0.25, -0.2) is 9.78 Å². The molecule has 166 valence electrons. The lowest BCUT2D eigenvalue weighted by atomic mass is 9.49. The molecule has 0 spiro atoms. The zero-order valence-electron chi connectivity index (χ0n) is 19.2. The van der Waals surface area contributed by atoms with Gasteiger partial charge in [-0.05, 0) is 66.5 Å². The average molecular weight is 439 g/mol. The van der Waals surface area contributed by atoms with E-state index in [9.17, 15) is 9.90 Å². The molecule has 1 aromatic heterocycles. The number of hydrogen-bond donors (Lipinski definition) is 2. The van der Waals surface area contributed by atoms with Crippen LogP contribution in [0.1, 0.15) is 82.3 Å². The number of nitrogens with one attached hydrogen (secondary N) is 1. The van der Waals surface area contributed by atoms with E-state index in [0.717, 1.165) is 23.7 Å². The minimum absolute atomic E-state index is 0.279. The highest BCUT2D eigenvalue weighted by Crippen LogP contribution is 2.61. The van der Waals surface area contributed by atoms with Gasteiger partial charge >= 0.3 is 5.97 Å². The largest absolute Gasteiger partial charge is 0.478 e. The maximum absolute atomic E-state index is 11.3. The number of fused-ring (bicyclic) bond motifs is 1. The summed E-state index contributed by atoms with van der Waals surface area (Å²) in [7, 11) is 0. The predicted molar refractivity (Wildman–Crippen MR) is 128 cm³/mol. The van der Waals surface area contributed by atoms with Crippen LogP contribution in [0.3, 0.4) is 0 Å². The average Bonchev–Trinajstić information content (AvgIpc) is 3.19. The molecule has 1 aromatic carbocycles. The van der Waals surface area contributed by atoms with Gasteiger partial charge in [-0.3, -0.25) is 0 Å². The molecule has 2 aliphatic carbocycles. The number of carboxylic acid groups (broad SMARTS) is 1. The Bertz CT molecular complexity index is 1000. The van der Waals surface area contributed by atoms with Crippen LogP contribution in [0.25, 0.3) is 0 Å². The van der Waals surface area contributed by atoms with Crippen molar-refractivity contribution in [2.24, 2.45) is 22.7 Å². The van der Waals surface area contributed by atoms with E-state index >= 15 is 0 Å². The lowest BCUT2D eigenvalue weighted by Crippen LogP contribution is -2.48. The summed E-state index contributed by atoms with van der Waals surface area (Å²) in [4.78, 5) is 16.3. The second-order valence-electron chi connectivity index (χ2n) is 10.6. The first-order chi connectivity index (χ1) is 14.6. The van der Waals surface area contributed by atoms with Crippen molar-refractivity contribution in [1.82, 2.24) is 4.98 Å². The van der Waals surface area contributed by atoms with Crippen molar-refractivity contribution in [3.63, 3.8) is 0 Å². The molecular formula is C26H34N2O2S. The van der Waals surface area contributed by atoms with Crippen LogP contribution >= 0.6 is 11.3 Å². The summed E-state index contributed by atoms with van der Waals surface area (Å²) in [6, 6.07) is 6.91. The summed E-state index contributed by atoms with van der Waals surface area (Å²) >= 11 is 1.61. The van der Waals surface area contributed by atoms with E-state index < -0.39 is 5.97 Å². The van der Waals surface area contributed by atoms with Gasteiger partial charge < -0.3 is 10.4 Å². The number of aromatic nitrogens is 1. The molecule has 31 heavy (non-hydrogen) atoms. The normalized spacial score (nSPS) is 26.6. The van der Waals surface area contributed by atoms with Crippen LogP contribution in [0.4, 0.5) is 10.8 Å². The maximum atomic E-state index is 11.3. The fourth-order valence-corrected chi connectivity index (χ4v) is 6.52. The number of anilines is 2. The van der Waals surface area contributed by atoms with Gasteiger partial charge in [0.15, 0.2) is 5.13 Å². The second kappa shape index (κ2) is 8.09. The Labute approximate surface area is 189 Å². The quantitative estimate of drug-likeness (QED) is 0.475. The third-order valence-corrected chi connectivity index (χ3v) is 8.43. The van der Waals surface area contributed by atoms with Gasteiger partial charge in [0, 0.05) is 17.0 Å². The number of hydrogen-bond acceptors (Lipinski definition) is 4. The van der Waals surface area contributed by atoms with Crippen molar-refractivity contribution in [2.75, 3.05) is 5.32 Å². The molecule has 3 atom stereocenters. The Morgan fingerprint density at radius 1 is 1.23 bits per heavy atom.